The fourth-order valence-corrected chi connectivity index (χ4v) is 3.11. The predicted molar refractivity (Wildman–Crippen MR) is 116 cm³/mol. The second-order valence-electron chi connectivity index (χ2n) is 7.29. The van der Waals surface area contributed by atoms with Crippen molar-refractivity contribution in [2.24, 2.45) is 0 Å². The van der Waals surface area contributed by atoms with Gasteiger partial charge in [0, 0.05) is 6.08 Å². The highest BCUT2D eigenvalue weighted by Crippen LogP contribution is 2.29. The van der Waals surface area contributed by atoms with E-state index in [9.17, 15) is 13.2 Å². The number of hydrogen-bond donors (Lipinski definition) is 0. The fraction of sp³-hybridized carbons (Fsp3) is 0.208. The summed E-state index contributed by atoms with van der Waals surface area (Å²) in [5.74, 6) is 1.06. The smallest absolute Gasteiger partial charge is 0.416 e. The molecular weight excluding hydrogens is 433 g/mol. The fourth-order valence-electron chi connectivity index (χ4n) is 3.11. The van der Waals surface area contributed by atoms with Crippen LogP contribution < -0.4 is 4.74 Å². The molecule has 4 aromatic rings. The number of nitrogens with zero attached hydrogens (tertiary/aromatic N) is 4. The molecule has 9 heteroatoms. The lowest BCUT2D eigenvalue weighted by Gasteiger charge is -2.06. The largest absolute Gasteiger partial charge is 0.487 e. The molecule has 0 N–H and O–H groups in total. The highest BCUT2D eigenvalue weighted by Gasteiger charge is 2.29. The molecule has 0 aliphatic carbocycles. The third-order valence-corrected chi connectivity index (χ3v) is 4.83. The SMILES string of the molecule is FC(F)(F)c1ccc(/C=C/c2nc(COc3ccc(CCCn4nccn4)cc3)co2)cc1. The van der Waals surface area contributed by atoms with Gasteiger partial charge in [0.1, 0.15) is 24.3 Å². The predicted octanol–water partition coefficient (Wildman–Crippen LogP) is 5.67. The maximum atomic E-state index is 12.6. The van der Waals surface area contributed by atoms with Crippen LogP contribution in [0.15, 0.2) is 71.6 Å². The lowest BCUT2D eigenvalue weighted by molar-refractivity contribution is -0.137. The summed E-state index contributed by atoms with van der Waals surface area (Å²) in [5.41, 5.74) is 1.74. The van der Waals surface area contributed by atoms with E-state index in [0.717, 1.165) is 37.3 Å². The first kappa shape index (κ1) is 22.3. The molecule has 0 saturated heterocycles. The van der Waals surface area contributed by atoms with Gasteiger partial charge in [-0.2, -0.15) is 28.2 Å². The molecule has 0 saturated carbocycles. The number of oxazole rings is 1. The molecule has 0 amide bonds. The summed E-state index contributed by atoms with van der Waals surface area (Å²) < 4.78 is 49.0. The first-order valence-electron chi connectivity index (χ1n) is 10.3. The van der Waals surface area contributed by atoms with Crippen LogP contribution in [-0.2, 0) is 25.7 Å². The minimum atomic E-state index is -4.35. The van der Waals surface area contributed by atoms with E-state index in [4.69, 9.17) is 9.15 Å². The summed E-state index contributed by atoms with van der Waals surface area (Å²) >= 11 is 0. The second-order valence-corrected chi connectivity index (χ2v) is 7.29. The van der Waals surface area contributed by atoms with Gasteiger partial charge in [-0.3, -0.25) is 0 Å². The lowest BCUT2D eigenvalue weighted by atomic mass is 10.1. The molecule has 0 radical (unpaired) electrons. The van der Waals surface area contributed by atoms with Crippen LogP contribution in [-0.4, -0.2) is 20.0 Å². The number of aromatic nitrogens is 4. The zero-order chi connectivity index (χ0) is 23.1. The van der Waals surface area contributed by atoms with E-state index in [1.54, 1.807) is 29.3 Å². The third kappa shape index (κ3) is 6.55. The Bertz CT molecular complexity index is 1170. The monoisotopic (exact) mass is 454 g/mol. The van der Waals surface area contributed by atoms with Crippen molar-refractivity contribution in [2.75, 3.05) is 0 Å². The van der Waals surface area contributed by atoms with Crippen LogP contribution in [0.1, 0.15) is 34.7 Å². The van der Waals surface area contributed by atoms with Crippen LogP contribution in [0, 0.1) is 0 Å². The van der Waals surface area contributed by atoms with Crippen LogP contribution in [0.5, 0.6) is 5.75 Å². The van der Waals surface area contributed by atoms with Crippen molar-refractivity contribution in [3.05, 3.63) is 95.5 Å². The van der Waals surface area contributed by atoms with Crippen LogP contribution in [0.25, 0.3) is 12.2 Å². The molecule has 0 atom stereocenters. The van der Waals surface area contributed by atoms with Gasteiger partial charge in [0.2, 0.25) is 5.89 Å². The van der Waals surface area contributed by atoms with E-state index >= 15 is 0 Å². The van der Waals surface area contributed by atoms with Crippen LogP contribution in [0.4, 0.5) is 13.2 Å². The van der Waals surface area contributed by atoms with Gasteiger partial charge in [0.15, 0.2) is 0 Å². The minimum absolute atomic E-state index is 0.238. The molecule has 0 aliphatic rings. The van der Waals surface area contributed by atoms with E-state index in [1.807, 2.05) is 24.3 Å². The summed E-state index contributed by atoms with van der Waals surface area (Å²) in [6.45, 7) is 1.01. The molecule has 6 nitrogen and oxygen atoms in total. The van der Waals surface area contributed by atoms with Gasteiger partial charge in [-0.15, -0.1) is 0 Å². The zero-order valence-corrected chi connectivity index (χ0v) is 17.6. The van der Waals surface area contributed by atoms with Gasteiger partial charge in [0.05, 0.1) is 24.5 Å². The van der Waals surface area contributed by atoms with Gasteiger partial charge >= 0.3 is 6.18 Å². The molecule has 0 aliphatic heterocycles. The van der Waals surface area contributed by atoms with Gasteiger partial charge < -0.3 is 9.15 Å². The maximum absolute atomic E-state index is 12.6. The Morgan fingerprint density at radius 1 is 0.939 bits per heavy atom. The third-order valence-electron chi connectivity index (χ3n) is 4.83. The molecule has 2 heterocycles. The Hall–Kier alpha value is -3.88. The first-order valence-corrected chi connectivity index (χ1v) is 10.3. The molecule has 0 unspecified atom stereocenters. The molecule has 0 spiro atoms. The van der Waals surface area contributed by atoms with Gasteiger partial charge in [-0.1, -0.05) is 24.3 Å². The van der Waals surface area contributed by atoms with E-state index < -0.39 is 11.7 Å². The molecule has 0 bridgehead atoms. The second kappa shape index (κ2) is 10.2. The quantitative estimate of drug-likeness (QED) is 0.326. The van der Waals surface area contributed by atoms with Crippen molar-refractivity contribution < 1.29 is 22.3 Å². The summed E-state index contributed by atoms with van der Waals surface area (Å²) in [4.78, 5) is 5.98. The van der Waals surface area contributed by atoms with Gasteiger partial charge in [0.25, 0.3) is 0 Å². The van der Waals surface area contributed by atoms with Crippen LogP contribution in [0.2, 0.25) is 0 Å². The Morgan fingerprint density at radius 3 is 2.36 bits per heavy atom. The van der Waals surface area contributed by atoms with Gasteiger partial charge in [-0.25, -0.2) is 4.98 Å². The van der Waals surface area contributed by atoms with Crippen molar-refractivity contribution in [2.45, 2.75) is 32.2 Å². The number of ether oxygens (including phenoxy) is 1. The molecule has 170 valence electrons. The summed E-state index contributed by atoms with van der Waals surface area (Å²) in [6, 6.07) is 12.7. The Morgan fingerprint density at radius 2 is 1.67 bits per heavy atom. The van der Waals surface area contributed by atoms with Crippen molar-refractivity contribution in [1.29, 1.82) is 0 Å². The first-order chi connectivity index (χ1) is 16.0. The molecular formula is C24H21F3N4O2. The normalized spacial score (nSPS) is 11.8. The number of halogens is 3. The lowest BCUT2D eigenvalue weighted by Crippen LogP contribution is -2.03. The highest BCUT2D eigenvalue weighted by atomic mass is 19.4. The minimum Gasteiger partial charge on any atom is -0.487 e. The Kier molecular flexibility index (Phi) is 6.87. The molecule has 2 aromatic carbocycles. The molecule has 4 rings (SSSR count). The number of benzene rings is 2. The topological polar surface area (TPSA) is 66.0 Å². The van der Waals surface area contributed by atoms with Crippen molar-refractivity contribution in [3.8, 4) is 5.75 Å². The molecule has 0 fully saturated rings. The van der Waals surface area contributed by atoms with Crippen molar-refractivity contribution in [1.82, 2.24) is 20.0 Å². The Balaban J connectivity index is 1.24. The van der Waals surface area contributed by atoms with E-state index in [-0.39, 0.29) is 6.61 Å². The van der Waals surface area contributed by atoms with Crippen LogP contribution in [0.3, 0.4) is 0 Å². The number of alkyl halides is 3. The van der Waals surface area contributed by atoms with Crippen LogP contribution >= 0.6 is 0 Å². The summed E-state index contributed by atoms with van der Waals surface area (Å²) in [5, 5.41) is 8.17. The maximum Gasteiger partial charge on any atom is 0.416 e. The molecule has 33 heavy (non-hydrogen) atoms. The standard InChI is InChI=1S/C24H21F3N4O2/c25-24(26,27)20-8-3-19(4-9-20)7-12-23-30-21(17-33-23)16-32-22-10-5-18(6-11-22)2-1-15-31-28-13-14-29-31/h3-14,17H,1-2,15-16H2/b12-7+. The summed E-state index contributed by atoms with van der Waals surface area (Å²) in [7, 11) is 0. The Labute approximate surface area is 188 Å². The average Bonchev–Trinajstić information content (AvgIpc) is 3.49. The average molecular weight is 454 g/mol. The van der Waals surface area contributed by atoms with Crippen molar-refractivity contribution in [3.63, 3.8) is 0 Å². The number of hydrogen-bond acceptors (Lipinski definition) is 5. The zero-order valence-electron chi connectivity index (χ0n) is 17.6. The van der Waals surface area contributed by atoms with Gasteiger partial charge in [-0.05, 0) is 54.3 Å². The molecule has 2 aromatic heterocycles. The summed E-state index contributed by atoms with van der Waals surface area (Å²) in [6.07, 6.45) is 5.56. The van der Waals surface area contributed by atoms with E-state index in [0.29, 0.717) is 17.1 Å². The number of rotatable bonds is 9. The highest BCUT2D eigenvalue weighted by molar-refractivity contribution is 5.66. The number of aryl methyl sites for hydroxylation is 2. The van der Waals surface area contributed by atoms with Crippen molar-refractivity contribution >= 4 is 12.2 Å². The van der Waals surface area contributed by atoms with E-state index in [1.165, 1.54) is 24.0 Å². The van der Waals surface area contributed by atoms with E-state index in [2.05, 4.69) is 15.2 Å².